The third-order valence-electron chi connectivity index (χ3n) is 3.54. The van der Waals surface area contributed by atoms with E-state index in [4.69, 9.17) is 0 Å². The second-order valence-electron chi connectivity index (χ2n) is 5.29. The van der Waals surface area contributed by atoms with E-state index in [9.17, 15) is 9.90 Å². The molecule has 2 N–H and O–H groups in total. The standard InChI is InChI=1S/C18H16N2O2/c1-11-8-18(20-17-10-15(22)6-7-16(11)17)19-14-5-3-4-13(9-14)12(2)21/h3-10,22H,1-2H3,(H,19,20). The Balaban J connectivity index is 2.00. The number of aryl methyl sites for hydroxylation is 1. The summed E-state index contributed by atoms with van der Waals surface area (Å²) in [4.78, 5) is 16.0. The molecule has 3 aromatic rings. The molecule has 0 radical (unpaired) electrons. The first kappa shape index (κ1) is 14.1. The number of aromatic hydroxyl groups is 1. The molecule has 3 rings (SSSR count). The van der Waals surface area contributed by atoms with Crippen molar-refractivity contribution in [1.29, 1.82) is 0 Å². The molecule has 1 heterocycles. The summed E-state index contributed by atoms with van der Waals surface area (Å²) in [6.07, 6.45) is 0. The van der Waals surface area contributed by atoms with Gasteiger partial charge in [0.25, 0.3) is 0 Å². The Labute approximate surface area is 128 Å². The predicted molar refractivity (Wildman–Crippen MR) is 87.9 cm³/mol. The maximum Gasteiger partial charge on any atom is 0.159 e. The largest absolute Gasteiger partial charge is 0.508 e. The van der Waals surface area contributed by atoms with Crippen molar-refractivity contribution in [2.45, 2.75) is 13.8 Å². The number of carbonyl (C=O) groups excluding carboxylic acids is 1. The monoisotopic (exact) mass is 292 g/mol. The molecule has 0 aliphatic carbocycles. The van der Waals surface area contributed by atoms with Crippen LogP contribution < -0.4 is 5.32 Å². The summed E-state index contributed by atoms with van der Waals surface area (Å²) in [5.74, 6) is 0.891. The zero-order valence-corrected chi connectivity index (χ0v) is 12.4. The Morgan fingerprint density at radius 2 is 1.95 bits per heavy atom. The molecule has 0 amide bonds. The lowest BCUT2D eigenvalue weighted by Crippen LogP contribution is -1.98. The van der Waals surface area contributed by atoms with E-state index >= 15 is 0 Å². The van der Waals surface area contributed by atoms with Gasteiger partial charge in [0.1, 0.15) is 11.6 Å². The van der Waals surface area contributed by atoms with E-state index in [1.807, 2.05) is 31.2 Å². The SMILES string of the molecule is CC(=O)c1cccc(Nc2cc(C)c3ccc(O)cc3n2)c1. The number of phenolic OH excluding ortho intramolecular Hbond substituents is 1. The van der Waals surface area contributed by atoms with Gasteiger partial charge in [0.05, 0.1) is 5.52 Å². The van der Waals surface area contributed by atoms with Gasteiger partial charge in [-0.15, -0.1) is 0 Å². The molecule has 4 nitrogen and oxygen atoms in total. The average molecular weight is 292 g/mol. The van der Waals surface area contributed by atoms with Crippen LogP contribution in [0.5, 0.6) is 5.75 Å². The normalized spacial score (nSPS) is 10.6. The summed E-state index contributed by atoms with van der Waals surface area (Å²) in [6.45, 7) is 3.54. The number of benzene rings is 2. The molecule has 0 saturated carbocycles. The molecule has 110 valence electrons. The van der Waals surface area contributed by atoms with Gasteiger partial charge in [-0.2, -0.15) is 0 Å². The lowest BCUT2D eigenvalue weighted by Gasteiger charge is -2.10. The first-order valence-corrected chi connectivity index (χ1v) is 7.01. The Morgan fingerprint density at radius 3 is 2.73 bits per heavy atom. The topological polar surface area (TPSA) is 62.2 Å². The molecule has 2 aromatic carbocycles. The summed E-state index contributed by atoms with van der Waals surface area (Å²) < 4.78 is 0. The molecular formula is C18H16N2O2. The molecule has 0 saturated heterocycles. The molecule has 0 spiro atoms. The molecule has 0 fully saturated rings. The molecule has 0 aliphatic rings. The highest BCUT2D eigenvalue weighted by Gasteiger charge is 2.05. The molecular weight excluding hydrogens is 276 g/mol. The van der Waals surface area contributed by atoms with E-state index in [1.54, 1.807) is 31.2 Å². The van der Waals surface area contributed by atoms with E-state index in [2.05, 4.69) is 10.3 Å². The van der Waals surface area contributed by atoms with E-state index < -0.39 is 0 Å². The highest BCUT2D eigenvalue weighted by molar-refractivity contribution is 5.95. The lowest BCUT2D eigenvalue weighted by molar-refractivity contribution is 0.101. The van der Waals surface area contributed by atoms with Gasteiger partial charge in [0, 0.05) is 22.7 Å². The fraction of sp³-hybridized carbons (Fsp3) is 0.111. The number of anilines is 2. The van der Waals surface area contributed by atoms with Crippen LogP contribution in [0.25, 0.3) is 10.9 Å². The number of nitrogens with zero attached hydrogens (tertiary/aromatic N) is 1. The van der Waals surface area contributed by atoms with Crippen LogP contribution in [0.1, 0.15) is 22.8 Å². The van der Waals surface area contributed by atoms with Gasteiger partial charge < -0.3 is 10.4 Å². The van der Waals surface area contributed by atoms with Gasteiger partial charge in [-0.3, -0.25) is 4.79 Å². The van der Waals surface area contributed by atoms with Crippen LogP contribution >= 0.6 is 0 Å². The number of ketones is 1. The number of fused-ring (bicyclic) bond motifs is 1. The zero-order valence-electron chi connectivity index (χ0n) is 12.4. The van der Waals surface area contributed by atoms with Crippen LogP contribution in [0.4, 0.5) is 11.5 Å². The molecule has 0 atom stereocenters. The first-order valence-electron chi connectivity index (χ1n) is 7.01. The Kier molecular flexibility index (Phi) is 3.51. The number of Topliss-reactive ketones (excluding diaryl/α,β-unsaturated/α-hetero) is 1. The number of phenols is 1. The van der Waals surface area contributed by atoms with E-state index in [0.29, 0.717) is 11.4 Å². The summed E-state index contributed by atoms with van der Waals surface area (Å²) in [5.41, 5.74) is 3.25. The van der Waals surface area contributed by atoms with Crippen LogP contribution in [0.2, 0.25) is 0 Å². The number of hydrogen-bond donors (Lipinski definition) is 2. The van der Waals surface area contributed by atoms with Crippen molar-refractivity contribution in [3.05, 3.63) is 59.7 Å². The fourth-order valence-corrected chi connectivity index (χ4v) is 2.42. The van der Waals surface area contributed by atoms with Crippen LogP contribution in [-0.2, 0) is 0 Å². The Bertz CT molecular complexity index is 872. The third kappa shape index (κ3) is 2.76. The molecule has 0 unspecified atom stereocenters. The zero-order chi connectivity index (χ0) is 15.7. The van der Waals surface area contributed by atoms with Crippen molar-refractivity contribution < 1.29 is 9.90 Å². The fourth-order valence-electron chi connectivity index (χ4n) is 2.42. The minimum atomic E-state index is 0.0243. The van der Waals surface area contributed by atoms with E-state index in [1.165, 1.54) is 0 Å². The van der Waals surface area contributed by atoms with Crippen molar-refractivity contribution >= 4 is 28.2 Å². The second-order valence-corrected chi connectivity index (χ2v) is 5.29. The highest BCUT2D eigenvalue weighted by atomic mass is 16.3. The van der Waals surface area contributed by atoms with Crippen molar-refractivity contribution in [1.82, 2.24) is 4.98 Å². The summed E-state index contributed by atoms with van der Waals surface area (Å²) in [5, 5.41) is 13.8. The van der Waals surface area contributed by atoms with Crippen LogP contribution in [0.15, 0.2) is 48.5 Å². The Morgan fingerprint density at radius 1 is 1.14 bits per heavy atom. The van der Waals surface area contributed by atoms with Gasteiger partial charge in [-0.1, -0.05) is 12.1 Å². The highest BCUT2D eigenvalue weighted by Crippen LogP contribution is 2.25. The van der Waals surface area contributed by atoms with Gasteiger partial charge in [0.15, 0.2) is 5.78 Å². The number of hydrogen-bond acceptors (Lipinski definition) is 4. The molecule has 22 heavy (non-hydrogen) atoms. The van der Waals surface area contributed by atoms with E-state index in [-0.39, 0.29) is 11.5 Å². The summed E-state index contributed by atoms with van der Waals surface area (Å²) >= 11 is 0. The lowest BCUT2D eigenvalue weighted by atomic mass is 10.1. The van der Waals surface area contributed by atoms with Crippen LogP contribution in [-0.4, -0.2) is 15.9 Å². The molecule has 0 aliphatic heterocycles. The van der Waals surface area contributed by atoms with Crippen molar-refractivity contribution in [3.63, 3.8) is 0 Å². The van der Waals surface area contributed by atoms with Gasteiger partial charge in [-0.25, -0.2) is 4.98 Å². The van der Waals surface area contributed by atoms with Crippen molar-refractivity contribution in [2.75, 3.05) is 5.32 Å². The maximum atomic E-state index is 11.4. The minimum absolute atomic E-state index is 0.0243. The van der Waals surface area contributed by atoms with Crippen LogP contribution in [0, 0.1) is 6.92 Å². The molecule has 4 heteroatoms. The number of rotatable bonds is 3. The third-order valence-corrected chi connectivity index (χ3v) is 3.54. The van der Waals surface area contributed by atoms with E-state index in [0.717, 1.165) is 22.2 Å². The smallest absolute Gasteiger partial charge is 0.159 e. The van der Waals surface area contributed by atoms with Gasteiger partial charge in [-0.05, 0) is 49.7 Å². The summed E-state index contributed by atoms with van der Waals surface area (Å²) in [6, 6.07) is 14.4. The second kappa shape index (κ2) is 5.48. The predicted octanol–water partition coefficient (Wildman–Crippen LogP) is 4.20. The van der Waals surface area contributed by atoms with Crippen molar-refractivity contribution in [3.8, 4) is 5.75 Å². The Hall–Kier alpha value is -2.88. The molecule has 1 aromatic heterocycles. The summed E-state index contributed by atoms with van der Waals surface area (Å²) in [7, 11) is 0. The van der Waals surface area contributed by atoms with Crippen molar-refractivity contribution in [2.24, 2.45) is 0 Å². The maximum absolute atomic E-state index is 11.4. The quantitative estimate of drug-likeness (QED) is 0.710. The number of pyridine rings is 1. The van der Waals surface area contributed by atoms with Gasteiger partial charge >= 0.3 is 0 Å². The first-order chi connectivity index (χ1) is 10.5. The number of carbonyl (C=O) groups is 1. The number of nitrogens with one attached hydrogen (secondary N) is 1. The minimum Gasteiger partial charge on any atom is -0.508 e. The average Bonchev–Trinajstić information content (AvgIpc) is 2.47. The van der Waals surface area contributed by atoms with Crippen LogP contribution in [0.3, 0.4) is 0 Å². The molecule has 0 bridgehead atoms. The number of aromatic nitrogens is 1. The van der Waals surface area contributed by atoms with Gasteiger partial charge in [0.2, 0.25) is 0 Å².